The van der Waals surface area contributed by atoms with Crippen molar-refractivity contribution in [1.82, 2.24) is 5.32 Å². The van der Waals surface area contributed by atoms with E-state index in [0.29, 0.717) is 6.42 Å². The van der Waals surface area contributed by atoms with Gasteiger partial charge >= 0.3 is 18.1 Å². The summed E-state index contributed by atoms with van der Waals surface area (Å²) >= 11 is 0. The Morgan fingerprint density at radius 3 is 1.37 bits per heavy atom. The molecule has 0 aliphatic heterocycles. The number of rotatable bonds is 16. The molecule has 0 fully saturated rings. The third-order valence-corrected chi connectivity index (χ3v) is 4.11. The lowest BCUT2D eigenvalue weighted by Crippen LogP contribution is -2.37. The van der Waals surface area contributed by atoms with Crippen LogP contribution in [0.25, 0.3) is 0 Å². The highest BCUT2D eigenvalue weighted by molar-refractivity contribution is 5.81. The van der Waals surface area contributed by atoms with E-state index < -0.39 is 18.1 Å². The van der Waals surface area contributed by atoms with Gasteiger partial charge in [-0.1, -0.05) is 84.5 Å². The highest BCUT2D eigenvalue weighted by atomic mass is 19.4. The fraction of sp³-hybridized carbons (Fsp3) is 0.900. The number of unbranched alkanes of at least 4 members (excludes halogenated alkanes) is 12. The molecule has 0 radical (unpaired) electrons. The summed E-state index contributed by atoms with van der Waals surface area (Å²) < 4.78 is 35.8. The molecule has 7 heteroatoms. The van der Waals surface area contributed by atoms with Gasteiger partial charge < -0.3 is 10.4 Å². The molecule has 0 bridgehead atoms. The fourth-order valence-electron chi connectivity index (χ4n) is 2.65. The quantitative estimate of drug-likeness (QED) is 0.303. The number of aliphatic carboxylic acids is 1. The summed E-state index contributed by atoms with van der Waals surface area (Å²) in [7, 11) is 0. The molecule has 0 spiro atoms. The van der Waals surface area contributed by atoms with Crippen LogP contribution in [0.5, 0.6) is 0 Å². The van der Waals surface area contributed by atoms with Crippen LogP contribution in [0.4, 0.5) is 13.2 Å². The maximum absolute atomic E-state index is 11.9. The third-order valence-electron chi connectivity index (χ3n) is 4.11. The van der Waals surface area contributed by atoms with Crippen molar-refractivity contribution in [3.63, 3.8) is 0 Å². The Bertz CT molecular complexity index is 361. The third kappa shape index (κ3) is 22.7. The second-order valence-corrected chi connectivity index (χ2v) is 6.49. The summed E-state index contributed by atoms with van der Waals surface area (Å²) in [6, 6.07) is 0. The van der Waals surface area contributed by atoms with Crippen molar-refractivity contribution in [3.05, 3.63) is 0 Å². The van der Waals surface area contributed by atoms with Crippen LogP contribution in [0, 0.1) is 0 Å². The number of alkyl halides is 3. The van der Waals surface area contributed by atoms with Gasteiger partial charge in [0.2, 0.25) is 0 Å². The summed E-state index contributed by atoms with van der Waals surface area (Å²) in [6.07, 6.45) is 8.99. The zero-order valence-corrected chi connectivity index (χ0v) is 17.0. The minimum Gasteiger partial charge on any atom is -0.481 e. The minimum absolute atomic E-state index is 0.0881. The first kappa shape index (κ1) is 27.9. The molecular weight excluding hydrogens is 359 g/mol. The lowest BCUT2D eigenvalue weighted by atomic mass is 10.0. The molecule has 4 nitrogen and oxygen atoms in total. The molecule has 27 heavy (non-hydrogen) atoms. The summed E-state index contributed by atoms with van der Waals surface area (Å²) in [6.45, 7) is 4.09. The van der Waals surface area contributed by atoms with Crippen LogP contribution in [0.2, 0.25) is 0 Å². The number of halogens is 3. The van der Waals surface area contributed by atoms with Gasteiger partial charge in [0.15, 0.2) is 0 Å². The second-order valence-electron chi connectivity index (χ2n) is 6.49. The monoisotopic (exact) mass is 397 g/mol. The number of carbonyl (C=O) groups excluding carboxylic acids is 1. The predicted molar refractivity (Wildman–Crippen MR) is 103 cm³/mol. The van der Waals surface area contributed by atoms with Gasteiger partial charge in [0, 0.05) is 13.0 Å². The average molecular weight is 398 g/mol. The van der Waals surface area contributed by atoms with Gasteiger partial charge in [-0.05, 0) is 12.8 Å². The van der Waals surface area contributed by atoms with E-state index in [2.05, 4.69) is 0 Å². The Kier molecular flexibility index (Phi) is 20.2. The molecule has 2 N–H and O–H groups in total. The maximum atomic E-state index is 11.9. The van der Waals surface area contributed by atoms with Crippen LogP contribution < -0.4 is 5.32 Å². The van der Waals surface area contributed by atoms with E-state index in [9.17, 15) is 22.8 Å². The molecule has 0 atom stereocenters. The molecule has 0 aromatic heterocycles. The molecule has 0 heterocycles. The lowest BCUT2D eigenvalue weighted by Gasteiger charge is -2.07. The first-order chi connectivity index (χ1) is 12.8. The van der Waals surface area contributed by atoms with Gasteiger partial charge in [0.1, 0.15) is 0 Å². The van der Waals surface area contributed by atoms with Crippen molar-refractivity contribution in [3.8, 4) is 0 Å². The second kappa shape index (κ2) is 19.5. The van der Waals surface area contributed by atoms with E-state index >= 15 is 0 Å². The molecule has 0 unspecified atom stereocenters. The Morgan fingerprint density at radius 2 is 1.04 bits per heavy atom. The SMILES string of the molecule is CC.O=C(O)CCCCCCCCCCCCCCCNC(=O)C(F)(F)F. The van der Waals surface area contributed by atoms with Crippen LogP contribution in [0.1, 0.15) is 104 Å². The van der Waals surface area contributed by atoms with Crippen molar-refractivity contribution in [2.75, 3.05) is 6.54 Å². The Labute approximate surface area is 162 Å². The van der Waals surface area contributed by atoms with Gasteiger partial charge in [-0.2, -0.15) is 13.2 Å². The molecule has 0 saturated carbocycles. The fourth-order valence-corrected chi connectivity index (χ4v) is 2.65. The first-order valence-electron chi connectivity index (χ1n) is 10.4. The van der Waals surface area contributed by atoms with Crippen molar-refractivity contribution >= 4 is 11.9 Å². The zero-order valence-electron chi connectivity index (χ0n) is 17.0. The highest BCUT2D eigenvalue weighted by Gasteiger charge is 2.38. The average Bonchev–Trinajstić information content (AvgIpc) is 2.61. The molecule has 0 aliphatic rings. The number of hydrogen-bond acceptors (Lipinski definition) is 2. The maximum Gasteiger partial charge on any atom is 0.471 e. The van der Waals surface area contributed by atoms with Crippen molar-refractivity contribution in [2.24, 2.45) is 0 Å². The van der Waals surface area contributed by atoms with E-state index in [4.69, 9.17) is 5.11 Å². The molecular formula is C20H38F3NO3. The van der Waals surface area contributed by atoms with Crippen molar-refractivity contribution < 1.29 is 27.9 Å². The first-order valence-corrected chi connectivity index (χ1v) is 10.4. The van der Waals surface area contributed by atoms with E-state index in [1.165, 1.54) is 32.1 Å². The van der Waals surface area contributed by atoms with Gasteiger partial charge in [-0.15, -0.1) is 0 Å². The molecule has 1 amide bonds. The number of carboxylic acids is 1. The zero-order chi connectivity index (χ0) is 21.0. The number of hydrogen-bond donors (Lipinski definition) is 2. The van der Waals surface area contributed by atoms with E-state index in [1.54, 1.807) is 0 Å². The molecule has 0 aromatic rings. The largest absolute Gasteiger partial charge is 0.481 e. The van der Waals surface area contributed by atoms with Crippen LogP contribution in [0.3, 0.4) is 0 Å². The van der Waals surface area contributed by atoms with Gasteiger partial charge in [0.25, 0.3) is 0 Å². The Hall–Kier alpha value is -1.27. The van der Waals surface area contributed by atoms with Crippen LogP contribution in [-0.2, 0) is 9.59 Å². The van der Waals surface area contributed by atoms with Crippen molar-refractivity contribution in [1.29, 1.82) is 0 Å². The number of nitrogens with one attached hydrogen (secondary N) is 1. The summed E-state index contributed by atoms with van der Waals surface area (Å²) in [4.78, 5) is 20.9. The smallest absolute Gasteiger partial charge is 0.471 e. The molecule has 162 valence electrons. The summed E-state index contributed by atoms with van der Waals surface area (Å²) in [5, 5.41) is 10.4. The molecule has 0 aliphatic carbocycles. The van der Waals surface area contributed by atoms with E-state index in [1.807, 2.05) is 19.2 Å². The molecule has 0 saturated heterocycles. The minimum atomic E-state index is -4.78. The lowest BCUT2D eigenvalue weighted by molar-refractivity contribution is -0.173. The Morgan fingerprint density at radius 1 is 0.704 bits per heavy atom. The van der Waals surface area contributed by atoms with Crippen LogP contribution >= 0.6 is 0 Å². The number of amides is 1. The normalized spacial score (nSPS) is 10.9. The summed E-state index contributed by atoms with van der Waals surface area (Å²) in [5.41, 5.74) is 0. The highest BCUT2D eigenvalue weighted by Crippen LogP contribution is 2.15. The van der Waals surface area contributed by atoms with Crippen molar-refractivity contribution in [2.45, 2.75) is 110 Å². The van der Waals surface area contributed by atoms with E-state index in [-0.39, 0.29) is 13.0 Å². The molecule has 0 rings (SSSR count). The topological polar surface area (TPSA) is 66.4 Å². The van der Waals surface area contributed by atoms with Gasteiger partial charge in [-0.3, -0.25) is 9.59 Å². The summed E-state index contributed by atoms with van der Waals surface area (Å²) in [5.74, 6) is -2.57. The van der Waals surface area contributed by atoms with Gasteiger partial charge in [-0.25, -0.2) is 0 Å². The number of carboxylic acid groups (broad SMARTS) is 1. The van der Waals surface area contributed by atoms with Crippen LogP contribution in [-0.4, -0.2) is 29.7 Å². The van der Waals surface area contributed by atoms with Gasteiger partial charge in [0.05, 0.1) is 0 Å². The standard InChI is InChI=1S/C18H32F3NO3.C2H6/c19-18(20,21)17(25)22-15-13-11-9-7-5-3-1-2-4-6-8-10-12-14-16(23)24;1-2/h1-15H2,(H,22,25)(H,23,24);1-2H3. The Balaban J connectivity index is 0. The predicted octanol–water partition coefficient (Wildman–Crippen LogP) is 6.24. The molecule has 0 aromatic carbocycles. The van der Waals surface area contributed by atoms with E-state index in [0.717, 1.165) is 44.9 Å². The number of carbonyl (C=O) groups is 2. The van der Waals surface area contributed by atoms with Crippen LogP contribution in [0.15, 0.2) is 0 Å².